The monoisotopic (exact) mass is 454 g/mol. The van der Waals surface area contributed by atoms with Crippen molar-refractivity contribution in [3.8, 4) is 5.75 Å². The minimum absolute atomic E-state index is 0.0402. The maximum Gasteiger partial charge on any atom is 0.141 e. The van der Waals surface area contributed by atoms with E-state index in [-0.39, 0.29) is 10.6 Å². The first-order valence-electron chi connectivity index (χ1n) is 6.03. The second kappa shape index (κ2) is 7.32. The lowest BCUT2D eigenvalue weighted by Crippen LogP contribution is -2.00. The van der Waals surface area contributed by atoms with E-state index in [1.807, 2.05) is 12.1 Å². The average molecular weight is 457 g/mol. The van der Waals surface area contributed by atoms with E-state index < -0.39 is 0 Å². The largest absolute Gasteiger partial charge is 0.496 e. The molecule has 0 aromatic heterocycles. The number of benzene rings is 2. The normalized spacial score (nSPS) is 12.3. The van der Waals surface area contributed by atoms with E-state index >= 15 is 0 Å². The summed E-state index contributed by atoms with van der Waals surface area (Å²) in [4.78, 5) is -0.0402. The van der Waals surface area contributed by atoms with Crippen LogP contribution in [0.2, 0.25) is 10.0 Å². The van der Waals surface area contributed by atoms with Crippen molar-refractivity contribution in [3.05, 3.63) is 61.8 Å². The Balaban J connectivity index is 2.29. The topological polar surface area (TPSA) is 9.23 Å². The Morgan fingerprint density at radius 1 is 1.19 bits per heavy atom. The standard InChI is InChI=1S/C15H11Br2Cl2FO/c1-21-15-7-14(20)11(17)6-9(15)10(16)4-8-2-3-12(18)13(19)5-8/h2-3,5-7,10H,4H2,1H3. The molecule has 0 spiro atoms. The second-order valence-electron chi connectivity index (χ2n) is 4.43. The first-order valence-corrected chi connectivity index (χ1v) is 8.49. The molecule has 21 heavy (non-hydrogen) atoms. The van der Waals surface area contributed by atoms with Crippen LogP contribution in [0.3, 0.4) is 0 Å². The van der Waals surface area contributed by atoms with Crippen molar-refractivity contribution < 1.29 is 9.13 Å². The quantitative estimate of drug-likeness (QED) is 0.472. The molecule has 0 saturated heterocycles. The van der Waals surface area contributed by atoms with Gasteiger partial charge >= 0.3 is 0 Å². The van der Waals surface area contributed by atoms with Gasteiger partial charge in [-0.2, -0.15) is 0 Å². The Labute approximate surface area is 149 Å². The highest BCUT2D eigenvalue weighted by molar-refractivity contribution is 9.10. The zero-order valence-corrected chi connectivity index (χ0v) is 15.7. The molecule has 1 unspecified atom stereocenters. The van der Waals surface area contributed by atoms with Gasteiger partial charge in [-0.25, -0.2) is 4.39 Å². The molecule has 6 heteroatoms. The van der Waals surface area contributed by atoms with Gasteiger partial charge in [0.2, 0.25) is 0 Å². The molecule has 2 aromatic rings. The Morgan fingerprint density at radius 2 is 1.90 bits per heavy atom. The van der Waals surface area contributed by atoms with Gasteiger partial charge in [0.05, 0.1) is 21.6 Å². The number of halogens is 5. The summed E-state index contributed by atoms with van der Waals surface area (Å²) in [6.45, 7) is 0. The van der Waals surface area contributed by atoms with Crippen LogP contribution in [0.15, 0.2) is 34.8 Å². The minimum Gasteiger partial charge on any atom is -0.496 e. The van der Waals surface area contributed by atoms with Gasteiger partial charge in [0.1, 0.15) is 11.6 Å². The van der Waals surface area contributed by atoms with Crippen LogP contribution in [0.25, 0.3) is 0 Å². The van der Waals surface area contributed by atoms with Crippen molar-refractivity contribution in [2.24, 2.45) is 0 Å². The van der Waals surface area contributed by atoms with E-state index in [0.717, 1.165) is 11.1 Å². The molecule has 0 bridgehead atoms. The zero-order valence-electron chi connectivity index (χ0n) is 11.0. The molecule has 0 radical (unpaired) electrons. The summed E-state index contributed by atoms with van der Waals surface area (Å²) in [5.74, 6) is 0.141. The van der Waals surface area contributed by atoms with E-state index in [4.69, 9.17) is 27.9 Å². The third-order valence-corrected chi connectivity index (χ3v) is 5.17. The highest BCUT2D eigenvalue weighted by Crippen LogP contribution is 2.37. The fraction of sp³-hybridized carbons (Fsp3) is 0.200. The molecule has 0 heterocycles. The fourth-order valence-electron chi connectivity index (χ4n) is 1.95. The molecular formula is C15H11Br2Cl2FO. The van der Waals surface area contributed by atoms with Crippen LogP contribution in [0.4, 0.5) is 4.39 Å². The van der Waals surface area contributed by atoms with Gasteiger partial charge in [-0.3, -0.25) is 0 Å². The summed E-state index contributed by atoms with van der Waals surface area (Å²) in [5.41, 5.74) is 1.88. The molecule has 0 aliphatic heterocycles. The molecule has 0 amide bonds. The van der Waals surface area contributed by atoms with Crippen LogP contribution in [0.5, 0.6) is 5.75 Å². The predicted molar refractivity (Wildman–Crippen MR) is 92.5 cm³/mol. The van der Waals surface area contributed by atoms with Gasteiger partial charge in [0, 0.05) is 16.5 Å². The Kier molecular flexibility index (Phi) is 5.95. The van der Waals surface area contributed by atoms with Gasteiger partial charge in [-0.15, -0.1) is 0 Å². The summed E-state index contributed by atoms with van der Waals surface area (Å²) in [5, 5.41) is 1.04. The van der Waals surface area contributed by atoms with Gasteiger partial charge in [0.25, 0.3) is 0 Å². The smallest absolute Gasteiger partial charge is 0.141 e. The summed E-state index contributed by atoms with van der Waals surface area (Å²) < 4.78 is 19.2. The molecule has 0 aliphatic rings. The van der Waals surface area contributed by atoms with Crippen LogP contribution >= 0.6 is 55.1 Å². The molecule has 2 rings (SSSR count). The van der Waals surface area contributed by atoms with Gasteiger partial charge in [-0.05, 0) is 46.1 Å². The first kappa shape index (κ1) is 17.1. The fourth-order valence-corrected chi connectivity index (χ4v) is 3.36. The van der Waals surface area contributed by atoms with Crippen LogP contribution in [0.1, 0.15) is 16.0 Å². The number of hydrogen-bond acceptors (Lipinski definition) is 1. The van der Waals surface area contributed by atoms with Crippen molar-refractivity contribution in [2.45, 2.75) is 11.2 Å². The van der Waals surface area contributed by atoms with Crippen LogP contribution in [-0.2, 0) is 6.42 Å². The Hall–Kier alpha value is -0.290. The lowest BCUT2D eigenvalue weighted by Gasteiger charge is -2.15. The van der Waals surface area contributed by atoms with Gasteiger partial charge < -0.3 is 4.74 Å². The Morgan fingerprint density at radius 3 is 2.52 bits per heavy atom. The van der Waals surface area contributed by atoms with Crippen LogP contribution < -0.4 is 4.74 Å². The summed E-state index contributed by atoms with van der Waals surface area (Å²) in [7, 11) is 1.52. The molecule has 0 fully saturated rings. The highest BCUT2D eigenvalue weighted by atomic mass is 79.9. The SMILES string of the molecule is COc1cc(F)c(Br)cc1C(Br)Cc1ccc(Cl)c(Cl)c1. The minimum atomic E-state index is -0.357. The van der Waals surface area contributed by atoms with Crippen molar-refractivity contribution in [2.75, 3.05) is 7.11 Å². The van der Waals surface area contributed by atoms with Gasteiger partial charge in [0.15, 0.2) is 0 Å². The number of methoxy groups -OCH3 is 1. The van der Waals surface area contributed by atoms with E-state index in [9.17, 15) is 4.39 Å². The maximum atomic E-state index is 13.6. The molecule has 2 aromatic carbocycles. The van der Waals surface area contributed by atoms with E-state index in [2.05, 4.69) is 31.9 Å². The van der Waals surface area contributed by atoms with Crippen molar-refractivity contribution in [1.82, 2.24) is 0 Å². The summed E-state index contributed by atoms with van der Waals surface area (Å²) in [6, 6.07) is 8.57. The molecular weight excluding hydrogens is 446 g/mol. The number of hydrogen-bond donors (Lipinski definition) is 0. The Bertz CT molecular complexity index is 664. The lowest BCUT2D eigenvalue weighted by atomic mass is 10.0. The molecule has 0 saturated carbocycles. The van der Waals surface area contributed by atoms with Crippen molar-refractivity contribution >= 4 is 55.1 Å². The summed E-state index contributed by atoms with van der Waals surface area (Å²) >= 11 is 18.7. The van der Waals surface area contributed by atoms with Crippen molar-refractivity contribution in [3.63, 3.8) is 0 Å². The van der Waals surface area contributed by atoms with Crippen LogP contribution in [-0.4, -0.2) is 7.11 Å². The van der Waals surface area contributed by atoms with Crippen molar-refractivity contribution in [1.29, 1.82) is 0 Å². The van der Waals surface area contributed by atoms with Crippen LogP contribution in [0, 0.1) is 5.82 Å². The third kappa shape index (κ3) is 4.13. The first-order chi connectivity index (χ1) is 9.92. The number of ether oxygens (including phenoxy) is 1. The average Bonchev–Trinajstić information content (AvgIpc) is 2.45. The number of alkyl halides is 1. The van der Waals surface area contributed by atoms with E-state index in [1.165, 1.54) is 13.2 Å². The lowest BCUT2D eigenvalue weighted by molar-refractivity contribution is 0.405. The predicted octanol–water partition coefficient (Wildman–Crippen LogP) is 6.58. The van der Waals surface area contributed by atoms with Gasteiger partial charge in [-0.1, -0.05) is 45.2 Å². The molecule has 112 valence electrons. The molecule has 1 atom stereocenters. The maximum absolute atomic E-state index is 13.6. The van der Waals surface area contributed by atoms with E-state index in [1.54, 1.807) is 12.1 Å². The molecule has 1 nitrogen and oxygen atoms in total. The van der Waals surface area contributed by atoms with E-state index in [0.29, 0.717) is 26.7 Å². The molecule has 0 N–H and O–H groups in total. The zero-order chi connectivity index (χ0) is 15.6. The second-order valence-corrected chi connectivity index (χ2v) is 7.20. The number of rotatable bonds is 4. The third-order valence-electron chi connectivity index (χ3n) is 3.01. The summed E-state index contributed by atoms with van der Waals surface area (Å²) in [6.07, 6.45) is 0.672. The molecule has 0 aliphatic carbocycles. The highest BCUT2D eigenvalue weighted by Gasteiger charge is 2.17.